The number of amides is 1. The smallest absolute Gasteiger partial charge is 0.234 e. The van der Waals surface area contributed by atoms with E-state index >= 15 is 0 Å². The lowest BCUT2D eigenvalue weighted by Crippen LogP contribution is -2.40. The van der Waals surface area contributed by atoms with Crippen LogP contribution in [0.25, 0.3) is 0 Å². The summed E-state index contributed by atoms with van der Waals surface area (Å²) in [6.07, 6.45) is 4.96. The Morgan fingerprint density at radius 2 is 2.15 bits per heavy atom. The highest BCUT2D eigenvalue weighted by atomic mass is 16.2. The van der Waals surface area contributed by atoms with Crippen molar-refractivity contribution < 1.29 is 4.79 Å². The Morgan fingerprint density at radius 3 is 2.69 bits per heavy atom. The molecule has 3 heteroatoms. The van der Waals surface area contributed by atoms with Gasteiger partial charge in [-0.05, 0) is 45.1 Å². The normalized spacial score (nSPS) is 24.1. The molecule has 0 saturated heterocycles. The maximum Gasteiger partial charge on any atom is 0.234 e. The van der Waals surface area contributed by atoms with Crippen LogP contribution in [0, 0.1) is 5.92 Å². The van der Waals surface area contributed by atoms with Crippen LogP contribution in [-0.2, 0) is 4.79 Å². The fraction of sp³-hybridized carbons (Fsp3) is 0.900. The van der Waals surface area contributed by atoms with Crippen molar-refractivity contribution in [1.82, 2.24) is 10.6 Å². The van der Waals surface area contributed by atoms with Gasteiger partial charge in [0.2, 0.25) is 5.91 Å². The van der Waals surface area contributed by atoms with Gasteiger partial charge in [0.15, 0.2) is 0 Å². The summed E-state index contributed by atoms with van der Waals surface area (Å²) in [6.45, 7) is 3.61. The van der Waals surface area contributed by atoms with Gasteiger partial charge in [-0.1, -0.05) is 0 Å². The highest BCUT2D eigenvalue weighted by Crippen LogP contribution is 2.34. The monoisotopic (exact) mass is 182 g/mol. The maximum atomic E-state index is 11.3. The minimum absolute atomic E-state index is 0.137. The summed E-state index contributed by atoms with van der Waals surface area (Å²) >= 11 is 0. The van der Waals surface area contributed by atoms with Crippen molar-refractivity contribution in [3.05, 3.63) is 0 Å². The lowest BCUT2D eigenvalue weighted by molar-refractivity contribution is -0.121. The van der Waals surface area contributed by atoms with Gasteiger partial charge < -0.3 is 10.6 Å². The molecular formula is C10H18N2O. The third kappa shape index (κ3) is 2.99. The first-order valence-electron chi connectivity index (χ1n) is 5.20. The number of rotatable bonds is 5. The van der Waals surface area contributed by atoms with Crippen LogP contribution < -0.4 is 10.6 Å². The molecule has 2 N–H and O–H groups in total. The lowest BCUT2D eigenvalue weighted by atomic mass is 10.3. The van der Waals surface area contributed by atoms with Crippen molar-refractivity contribution in [2.24, 2.45) is 5.92 Å². The summed E-state index contributed by atoms with van der Waals surface area (Å²) in [5, 5.41) is 6.21. The summed E-state index contributed by atoms with van der Waals surface area (Å²) in [7, 11) is 0. The molecule has 0 heterocycles. The molecule has 0 atom stereocenters. The molecule has 0 bridgehead atoms. The van der Waals surface area contributed by atoms with Gasteiger partial charge in [-0.3, -0.25) is 4.79 Å². The molecule has 0 aromatic rings. The first-order valence-corrected chi connectivity index (χ1v) is 5.20. The van der Waals surface area contributed by atoms with Gasteiger partial charge >= 0.3 is 0 Å². The van der Waals surface area contributed by atoms with Gasteiger partial charge in [-0.25, -0.2) is 0 Å². The molecule has 2 aliphatic rings. The second-order valence-corrected chi connectivity index (χ2v) is 4.68. The van der Waals surface area contributed by atoms with Crippen molar-refractivity contribution in [2.75, 3.05) is 13.1 Å². The van der Waals surface area contributed by atoms with E-state index in [1.807, 2.05) is 0 Å². The van der Waals surface area contributed by atoms with Crippen molar-refractivity contribution in [2.45, 2.75) is 38.1 Å². The zero-order valence-electron chi connectivity index (χ0n) is 8.23. The number of hydrogen-bond donors (Lipinski definition) is 2. The maximum absolute atomic E-state index is 11.3. The number of carbonyl (C=O) groups is 1. The Hall–Kier alpha value is -0.570. The van der Waals surface area contributed by atoms with Crippen LogP contribution in [0.1, 0.15) is 32.6 Å². The average Bonchev–Trinajstić information content (AvgIpc) is 2.90. The first kappa shape index (κ1) is 9.00. The predicted molar refractivity (Wildman–Crippen MR) is 51.4 cm³/mol. The minimum atomic E-state index is 0.137. The van der Waals surface area contributed by atoms with Crippen LogP contribution in [0.5, 0.6) is 0 Å². The molecule has 2 saturated carbocycles. The summed E-state index contributed by atoms with van der Waals surface area (Å²) in [5.74, 6) is 1.00. The van der Waals surface area contributed by atoms with Gasteiger partial charge in [0, 0.05) is 5.54 Å². The molecule has 2 aliphatic carbocycles. The van der Waals surface area contributed by atoms with E-state index in [1.54, 1.807) is 0 Å². The van der Waals surface area contributed by atoms with Gasteiger partial charge in [-0.15, -0.1) is 0 Å². The van der Waals surface area contributed by atoms with E-state index in [4.69, 9.17) is 0 Å². The molecule has 0 spiro atoms. The van der Waals surface area contributed by atoms with E-state index in [1.165, 1.54) is 12.8 Å². The molecule has 2 rings (SSSR count). The second-order valence-electron chi connectivity index (χ2n) is 4.68. The van der Waals surface area contributed by atoms with E-state index in [9.17, 15) is 4.79 Å². The second kappa shape index (κ2) is 3.29. The molecule has 0 aliphatic heterocycles. The quantitative estimate of drug-likeness (QED) is 0.655. The fourth-order valence-electron chi connectivity index (χ4n) is 1.41. The van der Waals surface area contributed by atoms with Crippen LogP contribution in [0.2, 0.25) is 0 Å². The first-order chi connectivity index (χ1) is 6.18. The van der Waals surface area contributed by atoms with Crippen LogP contribution in [0.15, 0.2) is 0 Å². The number of nitrogens with one attached hydrogen (secondary N) is 2. The van der Waals surface area contributed by atoms with E-state index in [2.05, 4.69) is 17.6 Å². The van der Waals surface area contributed by atoms with Crippen molar-refractivity contribution >= 4 is 5.91 Å². The van der Waals surface area contributed by atoms with Gasteiger partial charge in [0.05, 0.1) is 6.54 Å². The van der Waals surface area contributed by atoms with Crippen LogP contribution in [-0.4, -0.2) is 24.5 Å². The topological polar surface area (TPSA) is 41.1 Å². The van der Waals surface area contributed by atoms with Crippen LogP contribution in [0.4, 0.5) is 0 Å². The summed E-state index contributed by atoms with van der Waals surface area (Å²) in [4.78, 5) is 11.3. The molecule has 3 nitrogen and oxygen atoms in total. The fourth-order valence-corrected chi connectivity index (χ4v) is 1.41. The van der Waals surface area contributed by atoms with Crippen LogP contribution >= 0.6 is 0 Å². The van der Waals surface area contributed by atoms with Crippen molar-refractivity contribution in [3.8, 4) is 0 Å². The molecule has 0 unspecified atom stereocenters. The van der Waals surface area contributed by atoms with Gasteiger partial charge in [0.25, 0.3) is 0 Å². The van der Waals surface area contributed by atoms with E-state index in [0.717, 1.165) is 25.3 Å². The summed E-state index contributed by atoms with van der Waals surface area (Å²) < 4.78 is 0. The molecule has 0 aromatic carbocycles. The zero-order chi connectivity index (χ0) is 9.31. The average molecular weight is 182 g/mol. The summed E-state index contributed by atoms with van der Waals surface area (Å²) in [6, 6.07) is 0. The molecule has 0 radical (unpaired) electrons. The number of carbonyl (C=O) groups excluding carboxylic acids is 1. The van der Waals surface area contributed by atoms with E-state index in [-0.39, 0.29) is 11.4 Å². The third-order valence-electron chi connectivity index (χ3n) is 2.86. The van der Waals surface area contributed by atoms with Crippen molar-refractivity contribution in [3.63, 3.8) is 0 Å². The van der Waals surface area contributed by atoms with Crippen LogP contribution in [0.3, 0.4) is 0 Å². The molecule has 1 amide bonds. The largest absolute Gasteiger partial charge is 0.350 e. The Morgan fingerprint density at radius 1 is 1.46 bits per heavy atom. The minimum Gasteiger partial charge on any atom is -0.350 e. The molecule has 74 valence electrons. The van der Waals surface area contributed by atoms with Gasteiger partial charge in [0.1, 0.15) is 0 Å². The van der Waals surface area contributed by atoms with E-state index < -0.39 is 0 Å². The SMILES string of the molecule is CC1(NC(=O)CNCC2CC2)CC1. The highest BCUT2D eigenvalue weighted by Gasteiger charge is 2.38. The van der Waals surface area contributed by atoms with Gasteiger partial charge in [-0.2, -0.15) is 0 Å². The highest BCUT2D eigenvalue weighted by molar-refractivity contribution is 5.79. The number of hydrogen-bond acceptors (Lipinski definition) is 2. The van der Waals surface area contributed by atoms with Crippen molar-refractivity contribution in [1.29, 1.82) is 0 Å². The Labute approximate surface area is 79.3 Å². The summed E-state index contributed by atoms with van der Waals surface area (Å²) in [5.41, 5.74) is 0.137. The Kier molecular flexibility index (Phi) is 2.28. The Bertz CT molecular complexity index is 207. The zero-order valence-corrected chi connectivity index (χ0v) is 8.23. The Balaban J connectivity index is 1.55. The molecule has 2 fully saturated rings. The third-order valence-corrected chi connectivity index (χ3v) is 2.86. The molecule has 0 aromatic heterocycles. The molecular weight excluding hydrogens is 164 g/mol. The lowest BCUT2D eigenvalue weighted by Gasteiger charge is -2.11. The molecule has 13 heavy (non-hydrogen) atoms. The predicted octanol–water partition coefficient (Wildman–Crippen LogP) is 0.655. The van der Waals surface area contributed by atoms with E-state index in [0.29, 0.717) is 6.54 Å². The standard InChI is InChI=1S/C10H18N2O/c1-10(4-5-10)12-9(13)7-11-6-8-2-3-8/h8,11H,2-7H2,1H3,(H,12,13).